The highest BCUT2D eigenvalue weighted by molar-refractivity contribution is 6.31. The van der Waals surface area contributed by atoms with Gasteiger partial charge in [-0.1, -0.05) is 25.4 Å². The number of hydrogen-bond acceptors (Lipinski definition) is 8. The number of H-pyrrole nitrogens is 1. The topological polar surface area (TPSA) is 159 Å². The van der Waals surface area contributed by atoms with Crippen LogP contribution in [-0.4, -0.2) is 45.8 Å². The Morgan fingerprint density at radius 2 is 2.07 bits per heavy atom. The number of primary amides is 1. The predicted molar refractivity (Wildman–Crippen MR) is 151 cm³/mol. The van der Waals surface area contributed by atoms with Crippen molar-refractivity contribution in [3.8, 4) is 34.0 Å². The summed E-state index contributed by atoms with van der Waals surface area (Å²) in [6, 6.07) is 12.1. The molecule has 0 fully saturated rings. The number of nitrogens with one attached hydrogen (secondary N) is 1. The number of carbonyl (C=O) groups is 1. The van der Waals surface area contributed by atoms with Crippen molar-refractivity contribution in [2.45, 2.75) is 39.2 Å². The van der Waals surface area contributed by atoms with Crippen molar-refractivity contribution in [2.24, 2.45) is 11.7 Å². The smallest absolute Gasteiger partial charge is 0.409 e. The van der Waals surface area contributed by atoms with E-state index in [1.165, 1.54) is 11.0 Å². The molecule has 0 saturated heterocycles. The van der Waals surface area contributed by atoms with Gasteiger partial charge in [0.25, 0.3) is 5.56 Å². The van der Waals surface area contributed by atoms with Crippen LogP contribution < -0.4 is 16.0 Å². The molecule has 1 aromatic carbocycles. The van der Waals surface area contributed by atoms with Gasteiger partial charge in [0.1, 0.15) is 12.2 Å². The molecule has 0 bridgehead atoms. The average Bonchev–Trinajstić information content (AvgIpc) is 3.70. The van der Waals surface area contributed by atoms with Gasteiger partial charge < -0.3 is 20.0 Å². The van der Waals surface area contributed by atoms with Crippen LogP contribution in [0.2, 0.25) is 5.02 Å². The molecule has 41 heavy (non-hydrogen) atoms. The second-order valence-corrected chi connectivity index (χ2v) is 10.7. The number of carbonyl (C=O) groups excluding carboxylic acids is 1. The van der Waals surface area contributed by atoms with Gasteiger partial charge in [0, 0.05) is 22.3 Å². The number of nitrogens with two attached hydrogens (primary N) is 1. The standard InChI is InChI=1S/C28H26ClN9O3/c1-15(2)9-21-25(41-28(30)40)8-5-20(33-21)22-13-31-27(34-22)24-7-4-18-10-16(11-26(39)38(18)24)19-12-17(29)3-6-23(19)37-14-32-35-36-37/h3,5-6,8,10-15,24H,4,7,9H2,1-2H3,(H2,30,40)(H,31,34). The number of aromatic nitrogens is 8. The van der Waals surface area contributed by atoms with Crippen molar-refractivity contribution in [2.75, 3.05) is 0 Å². The number of benzene rings is 1. The van der Waals surface area contributed by atoms with E-state index >= 15 is 0 Å². The molecule has 13 heteroatoms. The Hall–Kier alpha value is -4.84. The van der Waals surface area contributed by atoms with E-state index in [1.807, 2.05) is 12.1 Å². The second-order valence-electron chi connectivity index (χ2n) is 10.3. The van der Waals surface area contributed by atoms with Gasteiger partial charge in [0.2, 0.25) is 0 Å². The molecule has 1 atom stereocenters. The maximum atomic E-state index is 13.5. The molecule has 5 heterocycles. The molecule has 5 aromatic rings. The highest BCUT2D eigenvalue weighted by Gasteiger charge is 2.28. The lowest BCUT2D eigenvalue weighted by Gasteiger charge is -2.15. The van der Waals surface area contributed by atoms with Crippen LogP contribution in [0.5, 0.6) is 5.75 Å². The Morgan fingerprint density at radius 3 is 2.83 bits per heavy atom. The third-order valence-electron chi connectivity index (χ3n) is 6.93. The van der Waals surface area contributed by atoms with Gasteiger partial charge in [0.05, 0.1) is 35.0 Å². The molecule has 3 N–H and O–H groups in total. The van der Waals surface area contributed by atoms with Crippen molar-refractivity contribution in [3.05, 3.63) is 87.6 Å². The monoisotopic (exact) mass is 571 g/mol. The van der Waals surface area contributed by atoms with Crippen LogP contribution in [0.15, 0.2) is 59.8 Å². The molecule has 12 nitrogen and oxygen atoms in total. The summed E-state index contributed by atoms with van der Waals surface area (Å²) in [5.41, 5.74) is 10.1. The first-order chi connectivity index (χ1) is 19.8. The zero-order valence-corrected chi connectivity index (χ0v) is 23.0. The van der Waals surface area contributed by atoms with Crippen LogP contribution in [0.4, 0.5) is 4.79 Å². The third kappa shape index (κ3) is 5.21. The fourth-order valence-electron chi connectivity index (χ4n) is 5.23. The summed E-state index contributed by atoms with van der Waals surface area (Å²) < 4.78 is 8.46. The zero-order valence-electron chi connectivity index (χ0n) is 22.3. The number of hydrogen-bond donors (Lipinski definition) is 2. The molecule has 1 amide bonds. The summed E-state index contributed by atoms with van der Waals surface area (Å²) in [5, 5.41) is 12.0. The van der Waals surface area contributed by atoms with Crippen molar-refractivity contribution >= 4 is 17.7 Å². The Morgan fingerprint density at radius 1 is 1.22 bits per heavy atom. The SMILES string of the molecule is CC(C)Cc1nc(-c2cnc(C3CCc4cc(-c5cc(Cl)ccc5-n5cnnn5)cc(=O)n43)[nH]2)ccc1OC(N)=O. The predicted octanol–water partition coefficient (Wildman–Crippen LogP) is 4.12. The fraction of sp³-hybridized carbons (Fsp3) is 0.250. The molecule has 0 spiro atoms. The molecule has 0 saturated carbocycles. The molecule has 1 aliphatic rings. The number of pyridine rings is 2. The first-order valence-corrected chi connectivity index (χ1v) is 13.5. The van der Waals surface area contributed by atoms with E-state index < -0.39 is 6.09 Å². The van der Waals surface area contributed by atoms with Crippen LogP contribution in [-0.2, 0) is 12.8 Å². The second kappa shape index (κ2) is 10.6. The number of rotatable bonds is 7. The van der Waals surface area contributed by atoms with Gasteiger partial charge in [-0.05, 0) is 77.6 Å². The van der Waals surface area contributed by atoms with Crippen LogP contribution in [0.1, 0.15) is 43.5 Å². The maximum Gasteiger partial charge on any atom is 0.410 e. The number of halogens is 1. The first kappa shape index (κ1) is 26.4. The molecular weight excluding hydrogens is 546 g/mol. The van der Waals surface area contributed by atoms with Gasteiger partial charge in [-0.2, -0.15) is 4.68 Å². The van der Waals surface area contributed by atoms with Gasteiger partial charge in [-0.3, -0.25) is 4.79 Å². The quantitative estimate of drug-likeness (QED) is 0.295. The Labute approximate surface area is 239 Å². The number of nitrogens with zero attached hydrogens (tertiary/aromatic N) is 7. The van der Waals surface area contributed by atoms with E-state index in [0.717, 1.165) is 16.8 Å². The molecule has 0 aliphatic carbocycles. The van der Waals surface area contributed by atoms with Crippen molar-refractivity contribution < 1.29 is 9.53 Å². The van der Waals surface area contributed by atoms with E-state index in [4.69, 9.17) is 27.1 Å². The highest BCUT2D eigenvalue weighted by Crippen LogP contribution is 2.34. The summed E-state index contributed by atoms with van der Waals surface area (Å²) >= 11 is 6.32. The molecule has 6 rings (SSSR count). The average molecular weight is 572 g/mol. The summed E-state index contributed by atoms with van der Waals surface area (Å²) in [6.45, 7) is 4.10. The molecule has 1 aliphatic heterocycles. The molecule has 1 unspecified atom stereocenters. The Bertz CT molecular complexity index is 1810. The van der Waals surface area contributed by atoms with Crippen molar-refractivity contribution in [3.63, 3.8) is 0 Å². The summed E-state index contributed by atoms with van der Waals surface area (Å²) in [5.74, 6) is 1.29. The molecule has 208 valence electrons. The van der Waals surface area contributed by atoms with Crippen LogP contribution in [0.25, 0.3) is 28.2 Å². The zero-order chi connectivity index (χ0) is 28.7. The van der Waals surface area contributed by atoms with Crippen molar-refractivity contribution in [1.82, 2.24) is 39.7 Å². The number of aryl methyl sites for hydroxylation is 1. The number of tetrazole rings is 1. The van der Waals surface area contributed by atoms with Crippen LogP contribution in [0.3, 0.4) is 0 Å². The largest absolute Gasteiger partial charge is 0.410 e. The van der Waals surface area contributed by atoms with Crippen molar-refractivity contribution in [1.29, 1.82) is 0 Å². The summed E-state index contributed by atoms with van der Waals surface area (Å²) in [7, 11) is 0. The Balaban J connectivity index is 1.33. The number of fused-ring (bicyclic) bond motifs is 1. The van der Waals surface area contributed by atoms with E-state index in [-0.39, 0.29) is 17.5 Å². The number of imidazole rings is 1. The first-order valence-electron chi connectivity index (χ1n) is 13.1. The normalized spacial score (nSPS) is 14.4. The number of ether oxygens (including phenoxy) is 1. The van der Waals surface area contributed by atoms with Gasteiger partial charge in [-0.25, -0.2) is 14.8 Å². The number of aromatic amines is 1. The Kier molecular flexibility index (Phi) is 6.83. The van der Waals surface area contributed by atoms with Crippen LogP contribution >= 0.6 is 11.6 Å². The minimum atomic E-state index is -0.885. The molecule has 0 radical (unpaired) electrons. The third-order valence-corrected chi connectivity index (χ3v) is 7.17. The minimum absolute atomic E-state index is 0.147. The molecular formula is C28H26ClN9O3. The minimum Gasteiger partial charge on any atom is -0.409 e. The molecule has 4 aromatic heterocycles. The van der Waals surface area contributed by atoms with E-state index in [1.54, 1.807) is 41.1 Å². The van der Waals surface area contributed by atoms with E-state index in [9.17, 15) is 9.59 Å². The lowest BCUT2D eigenvalue weighted by atomic mass is 10.0. The number of amides is 1. The van der Waals surface area contributed by atoms with E-state index in [0.29, 0.717) is 58.6 Å². The van der Waals surface area contributed by atoms with Gasteiger partial charge in [-0.15, -0.1) is 5.10 Å². The lowest BCUT2D eigenvalue weighted by Crippen LogP contribution is -2.23. The summed E-state index contributed by atoms with van der Waals surface area (Å²) in [6.07, 6.45) is 4.32. The highest BCUT2D eigenvalue weighted by atomic mass is 35.5. The van der Waals surface area contributed by atoms with E-state index in [2.05, 4.69) is 39.3 Å². The summed E-state index contributed by atoms with van der Waals surface area (Å²) in [4.78, 5) is 37.5. The van der Waals surface area contributed by atoms with Gasteiger partial charge in [0.15, 0.2) is 5.75 Å². The van der Waals surface area contributed by atoms with Gasteiger partial charge >= 0.3 is 6.09 Å². The van der Waals surface area contributed by atoms with Crippen LogP contribution in [0, 0.1) is 5.92 Å². The maximum absolute atomic E-state index is 13.5. The fourth-order valence-corrected chi connectivity index (χ4v) is 5.40. The lowest BCUT2D eigenvalue weighted by molar-refractivity contribution is 0.210.